The number of halogens is 15. The number of rotatable bonds is 7. The number of aromatic nitrogens is 6. The molecule has 0 saturated carbocycles. The fourth-order valence-electron chi connectivity index (χ4n) is 9.00. The van der Waals surface area contributed by atoms with Crippen LogP contribution >= 0.6 is 0 Å². The molecule has 9 aromatic rings. The molecule has 6 heterocycles. The summed E-state index contributed by atoms with van der Waals surface area (Å²) in [6.07, 6.45) is 6.89. The van der Waals surface area contributed by atoms with Crippen molar-refractivity contribution in [3.8, 4) is 55.6 Å². The number of nitrogens with zero attached hydrogens (tertiary/aromatic N) is 6. The van der Waals surface area contributed by atoms with Crippen molar-refractivity contribution in [3.05, 3.63) is 195 Å². The van der Waals surface area contributed by atoms with E-state index in [4.69, 9.17) is 0 Å². The third-order valence-corrected chi connectivity index (χ3v) is 12.5. The molecule has 5 aromatic carbocycles. The molecule has 4 aromatic heterocycles. The fourth-order valence-corrected chi connectivity index (χ4v) is 9.00. The van der Waals surface area contributed by atoms with Crippen LogP contribution in [0, 0.1) is 87.3 Å². The Kier molecular flexibility index (Phi) is 12.0. The Labute approximate surface area is 420 Å². The van der Waals surface area contributed by atoms with Crippen molar-refractivity contribution in [1.29, 1.82) is 0 Å². The van der Waals surface area contributed by atoms with Crippen molar-refractivity contribution in [1.82, 2.24) is 29.5 Å². The van der Waals surface area contributed by atoms with Crippen molar-refractivity contribution < 1.29 is 65.9 Å². The number of nitrogens with one attached hydrogen (secondary N) is 2. The van der Waals surface area contributed by atoms with Crippen LogP contribution in [0.15, 0.2) is 95.5 Å². The summed E-state index contributed by atoms with van der Waals surface area (Å²) in [5.41, 5.74) is -10.8. The smallest absolute Gasteiger partial charge is 0.200 e. The summed E-state index contributed by atoms with van der Waals surface area (Å²) in [4.78, 5) is 18.2. The normalized spacial score (nSPS) is 12.3. The van der Waals surface area contributed by atoms with Crippen molar-refractivity contribution in [2.45, 2.75) is 0 Å². The van der Waals surface area contributed by atoms with Gasteiger partial charge in [-0.3, -0.25) is 0 Å². The number of azo groups is 1. The van der Waals surface area contributed by atoms with E-state index in [1.54, 1.807) is 60.1 Å². The Morgan fingerprint density at radius 1 is 0.377 bits per heavy atom. The Balaban J connectivity index is 1.33. The molecule has 0 saturated heterocycles. The predicted octanol–water partition coefficient (Wildman–Crippen LogP) is 16.2. The Morgan fingerprint density at radius 2 is 0.740 bits per heavy atom. The monoisotopic (exact) mass is 1070 g/mol. The lowest BCUT2D eigenvalue weighted by molar-refractivity contribution is 0.381. The molecule has 0 spiro atoms. The van der Waals surface area contributed by atoms with Crippen LogP contribution in [0.1, 0.15) is 22.8 Å². The number of hydrogen-bond donors (Lipinski definition) is 2. The van der Waals surface area contributed by atoms with E-state index in [9.17, 15) is 13.2 Å². The van der Waals surface area contributed by atoms with Gasteiger partial charge in [-0.15, -0.1) is 10.2 Å². The number of hydrogen-bond acceptors (Lipinski definition) is 5. The highest BCUT2D eigenvalue weighted by molar-refractivity contribution is 6.02. The number of fused-ring (bicyclic) bond motifs is 8. The van der Waals surface area contributed by atoms with Gasteiger partial charge in [0.2, 0.25) is 17.5 Å². The van der Waals surface area contributed by atoms with E-state index in [-0.39, 0.29) is 22.3 Å². The summed E-state index contributed by atoms with van der Waals surface area (Å²) in [5.74, 6) is -36.6. The molecular formula is C54H23F15N8. The lowest BCUT2D eigenvalue weighted by Gasteiger charge is -2.13. The molecule has 8 bridgehead atoms. The molecule has 0 amide bonds. The van der Waals surface area contributed by atoms with Crippen molar-refractivity contribution in [2.24, 2.45) is 17.3 Å². The van der Waals surface area contributed by atoms with Gasteiger partial charge in [0.05, 0.1) is 57.7 Å². The van der Waals surface area contributed by atoms with Gasteiger partial charge in [0.1, 0.15) is 0 Å². The molecule has 2 N–H and O–H groups in total. The van der Waals surface area contributed by atoms with Crippen LogP contribution in [-0.4, -0.2) is 29.5 Å². The zero-order valence-electron chi connectivity index (χ0n) is 38.2. The largest absolute Gasteiger partial charge is 0.354 e. The molecule has 8 nitrogen and oxygen atoms in total. The van der Waals surface area contributed by atoms with Crippen LogP contribution in [-0.2, 0) is 7.05 Å². The third kappa shape index (κ3) is 7.94. The summed E-state index contributed by atoms with van der Waals surface area (Å²) in [6.45, 7) is 0. The predicted molar refractivity (Wildman–Crippen MR) is 253 cm³/mol. The van der Waals surface area contributed by atoms with Gasteiger partial charge < -0.3 is 14.5 Å². The van der Waals surface area contributed by atoms with Gasteiger partial charge in [-0.05, 0) is 77.4 Å². The summed E-state index contributed by atoms with van der Waals surface area (Å²) in [7, 11) is 1.69. The van der Waals surface area contributed by atoms with Crippen LogP contribution in [0.25, 0.3) is 102 Å². The van der Waals surface area contributed by atoms with Gasteiger partial charge in [0.25, 0.3) is 0 Å². The van der Waals surface area contributed by atoms with Crippen LogP contribution in [0.3, 0.4) is 0 Å². The van der Waals surface area contributed by atoms with Gasteiger partial charge in [-0.1, -0.05) is 36.4 Å². The second-order valence-corrected chi connectivity index (χ2v) is 17.0. The van der Waals surface area contributed by atoms with E-state index in [1.807, 2.05) is 0 Å². The van der Waals surface area contributed by atoms with Crippen molar-refractivity contribution in [3.63, 3.8) is 0 Å². The van der Waals surface area contributed by atoms with E-state index in [1.165, 1.54) is 24.7 Å². The Bertz CT molecular complexity index is 4170. The molecule has 2 aliphatic rings. The van der Waals surface area contributed by atoms with E-state index >= 15 is 52.7 Å². The maximum absolute atomic E-state index is 16.2. The number of imidazole rings is 1. The standard InChI is InChI=1S/C54H23F15N8/c1-77-19-70-18-32(77)76-75-21-6-4-5-20(17-21)22-7-2-3-8-23(22)33-24-9-11-26(71-24)34(37-40(55)46(61)52(67)47(62)41(37)56)28-13-15-30(73-28)36(39-44(59)50(65)54(69)51(66)45(39)60)31-16-14-29(74-31)35(27-12-10-25(33)72-27)38-42(57)48(63)53(68)49(64)43(38)58/h2-19,71,74H,1H3. The highest BCUT2D eigenvalue weighted by Gasteiger charge is 2.34. The van der Waals surface area contributed by atoms with E-state index in [2.05, 4.69) is 35.1 Å². The third-order valence-electron chi connectivity index (χ3n) is 12.5. The van der Waals surface area contributed by atoms with E-state index < -0.39 is 154 Å². The molecule has 11 rings (SSSR count). The lowest BCUT2D eigenvalue weighted by Crippen LogP contribution is -2.06. The first-order chi connectivity index (χ1) is 36.9. The second kappa shape index (κ2) is 18.7. The quantitative estimate of drug-likeness (QED) is 0.0720. The van der Waals surface area contributed by atoms with Gasteiger partial charge in [-0.2, -0.15) is 0 Å². The molecule has 23 heteroatoms. The molecule has 384 valence electrons. The van der Waals surface area contributed by atoms with Gasteiger partial charge >= 0.3 is 0 Å². The van der Waals surface area contributed by atoms with Gasteiger partial charge in [-0.25, -0.2) is 80.8 Å². The van der Waals surface area contributed by atoms with Gasteiger partial charge in [0, 0.05) is 51.4 Å². The van der Waals surface area contributed by atoms with Crippen LogP contribution in [0.5, 0.6) is 0 Å². The van der Waals surface area contributed by atoms with Crippen molar-refractivity contribution in [2.75, 3.05) is 0 Å². The fraction of sp³-hybridized carbons (Fsp3) is 0.0185. The average molecular weight is 1070 g/mol. The Hall–Kier alpha value is -9.54. The van der Waals surface area contributed by atoms with Crippen LogP contribution in [0.4, 0.5) is 77.4 Å². The average Bonchev–Trinajstić information content (AvgIpc) is 4.38. The number of aromatic amines is 2. The van der Waals surface area contributed by atoms with E-state index in [0.29, 0.717) is 22.6 Å². The molecule has 0 radical (unpaired) electrons. The molecule has 0 unspecified atom stereocenters. The first-order valence-corrected chi connectivity index (χ1v) is 22.2. The number of aryl methyl sites for hydroxylation is 1. The Morgan fingerprint density at radius 3 is 1.13 bits per heavy atom. The minimum Gasteiger partial charge on any atom is -0.354 e. The summed E-state index contributed by atoms with van der Waals surface area (Å²) < 4.78 is 233. The van der Waals surface area contributed by atoms with Crippen LogP contribution in [0.2, 0.25) is 0 Å². The first kappa shape index (κ1) is 49.7. The summed E-state index contributed by atoms with van der Waals surface area (Å²) in [5, 5.41) is 8.54. The maximum Gasteiger partial charge on any atom is 0.200 e. The van der Waals surface area contributed by atoms with Crippen LogP contribution < -0.4 is 0 Å². The number of benzene rings is 5. The second-order valence-electron chi connectivity index (χ2n) is 17.0. The maximum atomic E-state index is 16.2. The summed E-state index contributed by atoms with van der Waals surface area (Å²) >= 11 is 0. The topological polar surface area (TPSA) is 99.9 Å². The molecule has 0 aliphatic carbocycles. The lowest BCUT2D eigenvalue weighted by atomic mass is 9.93. The minimum atomic E-state index is -2.62. The molecule has 2 aliphatic heterocycles. The number of H-pyrrole nitrogens is 2. The highest BCUT2D eigenvalue weighted by atomic mass is 19.2. The first-order valence-electron chi connectivity index (χ1n) is 22.2. The van der Waals surface area contributed by atoms with Crippen molar-refractivity contribution >= 4 is 57.9 Å². The molecule has 0 fully saturated rings. The molecular weight excluding hydrogens is 1050 g/mol. The zero-order valence-corrected chi connectivity index (χ0v) is 38.2. The van der Waals surface area contributed by atoms with E-state index in [0.717, 1.165) is 36.4 Å². The summed E-state index contributed by atoms with van der Waals surface area (Å²) in [6, 6.07) is 17.0. The molecule has 0 atom stereocenters. The highest BCUT2D eigenvalue weighted by Crippen LogP contribution is 2.45. The zero-order chi connectivity index (χ0) is 54.5. The van der Waals surface area contributed by atoms with Gasteiger partial charge in [0.15, 0.2) is 75.6 Å². The minimum absolute atomic E-state index is 0.00546. The molecule has 77 heavy (non-hydrogen) atoms. The SMILES string of the molecule is Cn1cncc1N=Nc1cccc(-c2ccccc2-c2c3nc(c(-c4c(F)c(F)c(F)c(F)c4F)c4ccc([nH]4)c(-c4c(F)c(F)c(F)c(F)c4F)c4nc(c(-c5c(F)c(F)c(F)c(F)c5F)c5ccc2[nH]5)C=C4)C=C3)c1.